The molecule has 0 heterocycles. The van der Waals surface area contributed by atoms with Crippen molar-refractivity contribution in [2.75, 3.05) is 33.4 Å². The Morgan fingerprint density at radius 1 is 1.10 bits per heavy atom. The third-order valence-electron chi connectivity index (χ3n) is 4.39. The van der Waals surface area contributed by atoms with Gasteiger partial charge in [0.2, 0.25) is 0 Å². The molecule has 2 aromatic carbocycles. The van der Waals surface area contributed by atoms with E-state index in [1.807, 2.05) is 64.2 Å². The van der Waals surface area contributed by atoms with Crippen molar-refractivity contribution < 1.29 is 19.4 Å². The predicted octanol–water partition coefficient (Wildman–Crippen LogP) is 4.07. The summed E-state index contributed by atoms with van der Waals surface area (Å²) >= 11 is 0. The van der Waals surface area contributed by atoms with E-state index < -0.39 is 11.7 Å². The fourth-order valence-corrected chi connectivity index (χ4v) is 2.94. The lowest BCUT2D eigenvalue weighted by molar-refractivity contribution is 0.0523. The summed E-state index contributed by atoms with van der Waals surface area (Å²) in [6.07, 6.45) is 0.412. The van der Waals surface area contributed by atoms with Gasteiger partial charge in [-0.3, -0.25) is 0 Å². The minimum atomic E-state index is -0.529. The van der Waals surface area contributed by atoms with Gasteiger partial charge in [0, 0.05) is 25.2 Å². The van der Waals surface area contributed by atoms with Crippen molar-refractivity contribution in [3.63, 3.8) is 0 Å². The molecule has 0 saturated heterocycles. The standard InChI is InChI=1S/C24H34N2O4/c1-24(2,3)30-23(28)25-18-19-11-12-21(20-9-6-5-7-10-20)22(17-19)29-16-8-13-26(4)14-15-27/h5-7,9-12,17,27H,8,13-16,18H2,1-4H3,(H,25,28). The number of nitrogens with one attached hydrogen (secondary N) is 1. The highest BCUT2D eigenvalue weighted by Crippen LogP contribution is 2.31. The minimum absolute atomic E-state index is 0.155. The molecule has 0 aliphatic carbocycles. The second-order valence-electron chi connectivity index (χ2n) is 8.28. The molecule has 2 N–H and O–H groups in total. The van der Waals surface area contributed by atoms with Crippen LogP contribution in [-0.4, -0.2) is 55.1 Å². The van der Waals surface area contributed by atoms with Crippen LogP contribution in [0.3, 0.4) is 0 Å². The number of hydrogen-bond acceptors (Lipinski definition) is 5. The van der Waals surface area contributed by atoms with Crippen molar-refractivity contribution in [2.45, 2.75) is 39.3 Å². The fourth-order valence-electron chi connectivity index (χ4n) is 2.94. The van der Waals surface area contributed by atoms with Gasteiger partial charge in [0.05, 0.1) is 13.2 Å². The number of likely N-dealkylation sites (N-methyl/N-ethyl adjacent to an activating group) is 1. The van der Waals surface area contributed by atoms with Gasteiger partial charge in [-0.1, -0.05) is 42.5 Å². The highest BCUT2D eigenvalue weighted by atomic mass is 16.6. The largest absolute Gasteiger partial charge is 0.493 e. The van der Waals surface area contributed by atoms with E-state index >= 15 is 0 Å². The second kappa shape index (κ2) is 11.6. The summed E-state index contributed by atoms with van der Waals surface area (Å²) < 4.78 is 11.4. The average molecular weight is 415 g/mol. The molecule has 6 heteroatoms. The summed E-state index contributed by atoms with van der Waals surface area (Å²) in [7, 11) is 1.98. The van der Waals surface area contributed by atoms with Gasteiger partial charge in [-0.25, -0.2) is 4.79 Å². The number of nitrogens with zero attached hydrogens (tertiary/aromatic N) is 1. The second-order valence-corrected chi connectivity index (χ2v) is 8.28. The monoisotopic (exact) mass is 414 g/mol. The first kappa shape index (κ1) is 23.7. The van der Waals surface area contributed by atoms with Crippen molar-refractivity contribution in [1.82, 2.24) is 10.2 Å². The molecule has 30 heavy (non-hydrogen) atoms. The van der Waals surface area contributed by atoms with Gasteiger partial charge in [-0.05, 0) is 51.4 Å². The van der Waals surface area contributed by atoms with E-state index in [0.29, 0.717) is 19.7 Å². The Morgan fingerprint density at radius 2 is 1.83 bits per heavy atom. The zero-order valence-electron chi connectivity index (χ0n) is 18.5. The van der Waals surface area contributed by atoms with Crippen LogP contribution in [0, 0.1) is 0 Å². The number of aliphatic hydroxyl groups is 1. The lowest BCUT2D eigenvalue weighted by atomic mass is 10.0. The van der Waals surface area contributed by atoms with Crippen molar-refractivity contribution in [2.24, 2.45) is 0 Å². The molecule has 0 saturated carbocycles. The van der Waals surface area contributed by atoms with Crippen LogP contribution in [0.5, 0.6) is 5.75 Å². The molecular formula is C24H34N2O4. The van der Waals surface area contributed by atoms with E-state index in [1.165, 1.54) is 0 Å². The lowest BCUT2D eigenvalue weighted by Crippen LogP contribution is -2.32. The van der Waals surface area contributed by atoms with E-state index in [4.69, 9.17) is 14.6 Å². The molecule has 0 unspecified atom stereocenters. The maximum atomic E-state index is 11.9. The number of carbonyl (C=O) groups is 1. The Morgan fingerprint density at radius 3 is 2.50 bits per heavy atom. The maximum Gasteiger partial charge on any atom is 0.407 e. The Labute approximate surface area is 179 Å². The van der Waals surface area contributed by atoms with Crippen LogP contribution in [0.15, 0.2) is 48.5 Å². The Bertz CT molecular complexity index is 788. The maximum absolute atomic E-state index is 11.9. The smallest absolute Gasteiger partial charge is 0.407 e. The molecule has 2 rings (SSSR count). The molecule has 2 aromatic rings. The molecule has 0 spiro atoms. The van der Waals surface area contributed by atoms with Crippen molar-refractivity contribution in [3.8, 4) is 16.9 Å². The quantitative estimate of drug-likeness (QED) is 0.574. The average Bonchev–Trinajstić information content (AvgIpc) is 2.69. The molecule has 0 aliphatic heterocycles. The first-order valence-electron chi connectivity index (χ1n) is 10.4. The normalized spacial score (nSPS) is 11.4. The molecule has 0 atom stereocenters. The molecular weight excluding hydrogens is 380 g/mol. The molecule has 6 nitrogen and oxygen atoms in total. The van der Waals surface area contributed by atoms with E-state index in [-0.39, 0.29) is 6.61 Å². The van der Waals surface area contributed by atoms with Gasteiger partial charge in [0.25, 0.3) is 0 Å². The number of benzene rings is 2. The summed E-state index contributed by atoms with van der Waals surface area (Å²) in [4.78, 5) is 14.0. The number of amides is 1. The van der Waals surface area contributed by atoms with Crippen LogP contribution in [0.2, 0.25) is 0 Å². The topological polar surface area (TPSA) is 71.0 Å². The Kier molecular flexibility index (Phi) is 9.15. The molecule has 1 amide bonds. The summed E-state index contributed by atoms with van der Waals surface area (Å²) in [5.41, 5.74) is 2.50. The number of alkyl carbamates (subject to hydrolysis) is 1. The zero-order chi connectivity index (χ0) is 22.0. The number of aliphatic hydroxyl groups excluding tert-OH is 1. The molecule has 0 fully saturated rings. The van der Waals surface area contributed by atoms with E-state index in [2.05, 4.69) is 22.3 Å². The summed E-state index contributed by atoms with van der Waals surface area (Å²) in [5, 5.41) is 11.8. The Balaban J connectivity index is 2.06. The first-order chi connectivity index (χ1) is 14.3. The van der Waals surface area contributed by atoms with Gasteiger partial charge >= 0.3 is 6.09 Å². The van der Waals surface area contributed by atoms with Crippen LogP contribution in [0.4, 0.5) is 4.79 Å². The van der Waals surface area contributed by atoms with E-state index in [1.54, 1.807) is 0 Å². The van der Waals surface area contributed by atoms with Crippen LogP contribution in [-0.2, 0) is 11.3 Å². The molecule has 0 bridgehead atoms. The van der Waals surface area contributed by atoms with Gasteiger partial charge in [0.15, 0.2) is 0 Å². The fraction of sp³-hybridized carbons (Fsp3) is 0.458. The van der Waals surface area contributed by atoms with Gasteiger partial charge in [0.1, 0.15) is 11.4 Å². The van der Waals surface area contributed by atoms with E-state index in [9.17, 15) is 4.79 Å². The summed E-state index contributed by atoms with van der Waals surface area (Å²) in [5.74, 6) is 0.787. The van der Waals surface area contributed by atoms with Crippen molar-refractivity contribution in [1.29, 1.82) is 0 Å². The predicted molar refractivity (Wildman–Crippen MR) is 120 cm³/mol. The SMILES string of the molecule is CN(CCO)CCCOc1cc(CNC(=O)OC(C)(C)C)ccc1-c1ccccc1. The highest BCUT2D eigenvalue weighted by molar-refractivity contribution is 5.71. The number of hydrogen-bond donors (Lipinski definition) is 2. The molecule has 0 radical (unpaired) electrons. The number of carbonyl (C=O) groups excluding carboxylic acids is 1. The number of ether oxygens (including phenoxy) is 2. The third kappa shape index (κ3) is 8.43. The van der Waals surface area contributed by atoms with Gasteiger partial charge in [-0.15, -0.1) is 0 Å². The molecule has 0 aliphatic rings. The lowest BCUT2D eigenvalue weighted by Gasteiger charge is -2.20. The molecule has 0 aromatic heterocycles. The van der Waals surface area contributed by atoms with Crippen LogP contribution >= 0.6 is 0 Å². The zero-order valence-corrected chi connectivity index (χ0v) is 18.5. The van der Waals surface area contributed by atoms with Crippen LogP contribution in [0.25, 0.3) is 11.1 Å². The van der Waals surface area contributed by atoms with Crippen LogP contribution in [0.1, 0.15) is 32.8 Å². The van der Waals surface area contributed by atoms with Gasteiger partial charge in [-0.2, -0.15) is 0 Å². The highest BCUT2D eigenvalue weighted by Gasteiger charge is 2.16. The van der Waals surface area contributed by atoms with Crippen LogP contribution < -0.4 is 10.1 Å². The Hall–Kier alpha value is -2.57. The first-order valence-corrected chi connectivity index (χ1v) is 10.4. The summed E-state index contributed by atoms with van der Waals surface area (Å²) in [6, 6.07) is 16.1. The van der Waals surface area contributed by atoms with E-state index in [0.717, 1.165) is 35.4 Å². The minimum Gasteiger partial charge on any atom is -0.493 e. The third-order valence-corrected chi connectivity index (χ3v) is 4.39. The molecule has 164 valence electrons. The van der Waals surface area contributed by atoms with Gasteiger partial charge < -0.3 is 24.8 Å². The summed E-state index contributed by atoms with van der Waals surface area (Å²) in [6.45, 7) is 8.10. The van der Waals surface area contributed by atoms with Crippen molar-refractivity contribution >= 4 is 6.09 Å². The van der Waals surface area contributed by atoms with Crippen molar-refractivity contribution in [3.05, 3.63) is 54.1 Å². The number of rotatable bonds is 10.